The van der Waals surface area contributed by atoms with Crippen LogP contribution in [-0.4, -0.2) is 13.0 Å². The number of amides is 1. The van der Waals surface area contributed by atoms with Crippen LogP contribution in [0.15, 0.2) is 88.9 Å². The van der Waals surface area contributed by atoms with Gasteiger partial charge in [0.1, 0.15) is 5.75 Å². The maximum absolute atomic E-state index is 13.4. The molecule has 0 aromatic heterocycles. The molecule has 4 heteroatoms. The quantitative estimate of drug-likeness (QED) is 0.444. The minimum atomic E-state index is -0.0404. The fraction of sp³-hybridized carbons (Fsp3) is 0.0800. The number of carbonyl (C=O) groups excluding carboxylic acids is 1. The number of methoxy groups -OCH3 is 1. The Morgan fingerprint density at radius 3 is 2.45 bits per heavy atom. The van der Waals surface area contributed by atoms with Gasteiger partial charge in [-0.15, -0.1) is 0 Å². The van der Waals surface area contributed by atoms with E-state index in [2.05, 4.69) is 15.9 Å². The molecule has 0 saturated carbocycles. The second-order valence-electron chi connectivity index (χ2n) is 6.87. The zero-order chi connectivity index (χ0) is 20.4. The molecule has 0 atom stereocenters. The van der Waals surface area contributed by atoms with E-state index < -0.39 is 0 Å². The molecule has 0 bridgehead atoms. The zero-order valence-corrected chi connectivity index (χ0v) is 17.8. The standard InChI is InChI=1S/C25H20BrNO2/c1-17-7-6-10-21(13-17)27-23(19-8-4-3-5-9-19)16-20(25(27)28)14-18-11-12-24(29-2)22(26)15-18/h3-16H,1-2H3/b20-14+. The zero-order valence-electron chi connectivity index (χ0n) is 16.2. The third-order valence-corrected chi connectivity index (χ3v) is 5.43. The minimum Gasteiger partial charge on any atom is -0.496 e. The first-order valence-electron chi connectivity index (χ1n) is 9.30. The van der Waals surface area contributed by atoms with Crippen LogP contribution in [0.25, 0.3) is 11.8 Å². The number of hydrogen-bond acceptors (Lipinski definition) is 2. The number of aryl methyl sites for hydroxylation is 1. The molecule has 1 aliphatic heterocycles. The molecule has 0 aliphatic carbocycles. The van der Waals surface area contributed by atoms with Crippen molar-refractivity contribution in [2.75, 3.05) is 12.0 Å². The third kappa shape index (κ3) is 3.89. The fourth-order valence-corrected chi connectivity index (χ4v) is 3.97. The number of hydrogen-bond donors (Lipinski definition) is 0. The van der Waals surface area contributed by atoms with E-state index in [9.17, 15) is 4.79 Å². The topological polar surface area (TPSA) is 29.5 Å². The van der Waals surface area contributed by atoms with Crippen LogP contribution in [0.1, 0.15) is 16.7 Å². The van der Waals surface area contributed by atoms with Gasteiger partial charge in [-0.05, 0) is 76.0 Å². The van der Waals surface area contributed by atoms with Crippen LogP contribution in [0.2, 0.25) is 0 Å². The molecule has 144 valence electrons. The van der Waals surface area contributed by atoms with Crippen molar-refractivity contribution >= 4 is 39.3 Å². The molecule has 0 N–H and O–H groups in total. The highest BCUT2D eigenvalue weighted by molar-refractivity contribution is 9.10. The van der Waals surface area contributed by atoms with Gasteiger partial charge >= 0.3 is 0 Å². The summed E-state index contributed by atoms with van der Waals surface area (Å²) in [4.78, 5) is 15.2. The predicted octanol–water partition coefficient (Wildman–Crippen LogP) is 6.24. The largest absolute Gasteiger partial charge is 0.496 e. The van der Waals surface area contributed by atoms with Gasteiger partial charge in [-0.3, -0.25) is 9.69 Å². The number of halogens is 1. The number of ether oxygens (including phenoxy) is 1. The number of carbonyl (C=O) groups is 1. The number of anilines is 1. The van der Waals surface area contributed by atoms with Gasteiger partial charge in [-0.2, -0.15) is 0 Å². The molecule has 0 fully saturated rings. The maximum atomic E-state index is 13.4. The Morgan fingerprint density at radius 1 is 0.966 bits per heavy atom. The van der Waals surface area contributed by atoms with E-state index in [1.807, 2.05) is 91.9 Å². The molecule has 3 aromatic rings. The van der Waals surface area contributed by atoms with E-state index in [4.69, 9.17) is 4.74 Å². The van der Waals surface area contributed by atoms with E-state index in [-0.39, 0.29) is 5.91 Å². The van der Waals surface area contributed by atoms with Gasteiger partial charge in [0.25, 0.3) is 5.91 Å². The van der Waals surface area contributed by atoms with Gasteiger partial charge in [0.2, 0.25) is 0 Å². The van der Waals surface area contributed by atoms with Crippen LogP contribution in [-0.2, 0) is 4.79 Å². The molecular formula is C25H20BrNO2. The molecule has 0 radical (unpaired) electrons. The summed E-state index contributed by atoms with van der Waals surface area (Å²) in [6.45, 7) is 2.03. The first-order valence-corrected chi connectivity index (χ1v) is 10.1. The smallest absolute Gasteiger partial charge is 0.262 e. The lowest BCUT2D eigenvalue weighted by atomic mass is 10.1. The molecule has 3 aromatic carbocycles. The van der Waals surface area contributed by atoms with Crippen molar-refractivity contribution in [2.24, 2.45) is 0 Å². The molecular weight excluding hydrogens is 426 g/mol. The second-order valence-corrected chi connectivity index (χ2v) is 7.72. The van der Waals surface area contributed by atoms with Crippen LogP contribution >= 0.6 is 15.9 Å². The highest BCUT2D eigenvalue weighted by Crippen LogP contribution is 2.36. The van der Waals surface area contributed by atoms with Gasteiger partial charge in [0, 0.05) is 11.3 Å². The van der Waals surface area contributed by atoms with Gasteiger partial charge in [-0.1, -0.05) is 48.5 Å². The lowest BCUT2D eigenvalue weighted by Crippen LogP contribution is -2.25. The highest BCUT2D eigenvalue weighted by atomic mass is 79.9. The number of rotatable bonds is 4. The molecule has 4 rings (SSSR count). The Kier molecular flexibility index (Phi) is 5.36. The summed E-state index contributed by atoms with van der Waals surface area (Å²) >= 11 is 3.51. The predicted molar refractivity (Wildman–Crippen MR) is 122 cm³/mol. The summed E-state index contributed by atoms with van der Waals surface area (Å²) in [6.07, 6.45) is 3.86. The Balaban J connectivity index is 1.81. The van der Waals surface area contributed by atoms with Crippen molar-refractivity contribution in [3.05, 3.63) is 106 Å². The number of benzene rings is 3. The monoisotopic (exact) mass is 445 g/mol. The van der Waals surface area contributed by atoms with E-state index in [0.29, 0.717) is 5.57 Å². The third-order valence-electron chi connectivity index (χ3n) is 4.81. The highest BCUT2D eigenvalue weighted by Gasteiger charge is 2.30. The summed E-state index contributed by atoms with van der Waals surface area (Å²) in [5.41, 5.74) is 5.42. The first kappa shape index (κ1) is 19.2. The average Bonchev–Trinajstić information content (AvgIpc) is 3.05. The molecule has 1 aliphatic rings. The Bertz CT molecular complexity index is 1130. The Hall–Kier alpha value is -3.11. The van der Waals surface area contributed by atoms with E-state index in [1.165, 1.54) is 0 Å². The van der Waals surface area contributed by atoms with Crippen LogP contribution in [0.4, 0.5) is 5.69 Å². The lowest BCUT2D eigenvalue weighted by Gasteiger charge is -2.21. The van der Waals surface area contributed by atoms with E-state index in [0.717, 1.165) is 38.3 Å². The first-order chi connectivity index (χ1) is 14.1. The van der Waals surface area contributed by atoms with Gasteiger partial charge in [0.05, 0.1) is 17.3 Å². The number of nitrogens with zero attached hydrogens (tertiary/aromatic N) is 1. The van der Waals surface area contributed by atoms with Crippen molar-refractivity contribution in [1.82, 2.24) is 0 Å². The van der Waals surface area contributed by atoms with Gasteiger partial charge < -0.3 is 4.74 Å². The van der Waals surface area contributed by atoms with Crippen molar-refractivity contribution < 1.29 is 9.53 Å². The van der Waals surface area contributed by atoms with Crippen LogP contribution < -0.4 is 9.64 Å². The summed E-state index contributed by atoms with van der Waals surface area (Å²) < 4.78 is 6.15. The Morgan fingerprint density at radius 2 is 1.76 bits per heavy atom. The van der Waals surface area contributed by atoms with Crippen LogP contribution in [0.5, 0.6) is 5.75 Å². The minimum absolute atomic E-state index is 0.0404. The van der Waals surface area contributed by atoms with Crippen molar-refractivity contribution in [1.29, 1.82) is 0 Å². The van der Waals surface area contributed by atoms with Crippen molar-refractivity contribution in [3.8, 4) is 5.75 Å². The van der Waals surface area contributed by atoms with Crippen LogP contribution in [0, 0.1) is 6.92 Å². The van der Waals surface area contributed by atoms with Crippen molar-refractivity contribution in [2.45, 2.75) is 6.92 Å². The molecule has 29 heavy (non-hydrogen) atoms. The summed E-state index contributed by atoms with van der Waals surface area (Å²) in [5, 5.41) is 0. The molecule has 0 spiro atoms. The summed E-state index contributed by atoms with van der Waals surface area (Å²) in [5.74, 6) is 0.716. The average molecular weight is 446 g/mol. The normalized spacial score (nSPS) is 15.0. The van der Waals surface area contributed by atoms with E-state index in [1.54, 1.807) is 12.0 Å². The molecule has 1 heterocycles. The van der Waals surface area contributed by atoms with Gasteiger partial charge in [0.15, 0.2) is 0 Å². The SMILES string of the molecule is COc1ccc(/C=C2\C=C(c3ccccc3)N(c3cccc(C)c3)C2=O)cc1Br. The summed E-state index contributed by atoms with van der Waals surface area (Å²) in [6, 6.07) is 23.8. The Labute approximate surface area is 179 Å². The molecule has 3 nitrogen and oxygen atoms in total. The van der Waals surface area contributed by atoms with E-state index >= 15 is 0 Å². The van der Waals surface area contributed by atoms with Crippen molar-refractivity contribution in [3.63, 3.8) is 0 Å². The second kappa shape index (κ2) is 8.10. The molecule has 0 saturated heterocycles. The molecule has 1 amide bonds. The fourth-order valence-electron chi connectivity index (χ4n) is 3.41. The maximum Gasteiger partial charge on any atom is 0.262 e. The summed E-state index contributed by atoms with van der Waals surface area (Å²) in [7, 11) is 1.63. The lowest BCUT2D eigenvalue weighted by molar-refractivity contribution is -0.113. The van der Waals surface area contributed by atoms with Gasteiger partial charge in [-0.25, -0.2) is 0 Å². The van der Waals surface area contributed by atoms with Crippen LogP contribution in [0.3, 0.4) is 0 Å². The molecule has 0 unspecified atom stereocenters.